The van der Waals surface area contributed by atoms with Crippen LogP contribution in [0.4, 0.5) is 5.69 Å². The lowest BCUT2D eigenvalue weighted by Crippen LogP contribution is -2.31. The highest BCUT2D eigenvalue weighted by molar-refractivity contribution is 7.91. The Hall–Kier alpha value is -10.0. The zero-order valence-electron chi connectivity index (χ0n) is 60.7. The second-order valence-electron chi connectivity index (χ2n) is 26.5. The number of imide groups is 1. The van der Waals surface area contributed by atoms with Crippen LogP contribution in [0, 0.1) is 19.3 Å². The predicted molar refractivity (Wildman–Crippen MR) is 399 cm³/mol. The van der Waals surface area contributed by atoms with E-state index in [1.54, 1.807) is 59.6 Å². The Morgan fingerprint density at radius 1 is 0.745 bits per heavy atom. The van der Waals surface area contributed by atoms with E-state index in [1.807, 2.05) is 25.5 Å². The van der Waals surface area contributed by atoms with Gasteiger partial charge in [-0.3, -0.25) is 43.0 Å². The van der Waals surface area contributed by atoms with Crippen LogP contribution in [0.15, 0.2) is 138 Å². The maximum atomic E-state index is 13.5. The van der Waals surface area contributed by atoms with Gasteiger partial charge in [-0.25, -0.2) is 40.6 Å². The van der Waals surface area contributed by atoms with Gasteiger partial charge in [0.1, 0.15) is 28.5 Å². The SMILES string of the molecule is CCOC(=O)/C(Cl)=C/c1cc(N2C(=O)C3=C(CCCC3)C2=O)ccc1Cl.CCc1cc(C)cc(CC)c1-c1c(OC(=O)C(C)(C)C)n2n(c1=O)CCOCC2.COc1ccccc1C(=O)NS(=O)(=O)c1ccc(C(=O)NC2CC2)cc1.Cc1c(C(=O)c2c[nH]n(C)c2=O)ccc(S(C)(=O)=O)c1C1=NOCC1. The molecule has 0 radical (unpaired) electrons. The van der Waals surface area contributed by atoms with E-state index < -0.39 is 48.5 Å². The largest absolute Gasteiger partial charge is 0.496 e. The van der Waals surface area contributed by atoms with Gasteiger partial charge in [-0.15, -0.1) is 0 Å². The molecular weight excluding hydrogens is 1450 g/mol. The van der Waals surface area contributed by atoms with Gasteiger partial charge in [0.15, 0.2) is 15.6 Å². The average Bonchev–Trinajstić information content (AvgIpc) is 1.57. The van der Waals surface area contributed by atoms with Gasteiger partial charge < -0.3 is 34.2 Å². The summed E-state index contributed by atoms with van der Waals surface area (Å²) in [4.78, 5) is 119. The molecule has 562 valence electrons. The Kier molecular flexibility index (Phi) is 25.7. The number of carbonyl (C=O) groups excluding carboxylic acids is 7. The third kappa shape index (κ3) is 18.3. The number of carbonyl (C=O) groups is 7. The van der Waals surface area contributed by atoms with Gasteiger partial charge in [0.25, 0.3) is 44.8 Å². The second-order valence-corrected chi connectivity index (χ2v) is 31.0. The molecule has 3 aliphatic heterocycles. The molecule has 26 nitrogen and oxygen atoms in total. The van der Waals surface area contributed by atoms with Gasteiger partial charge in [-0.1, -0.05) is 72.0 Å². The summed E-state index contributed by atoms with van der Waals surface area (Å²) in [6.45, 7) is 17.4. The van der Waals surface area contributed by atoms with Crippen LogP contribution in [0.5, 0.6) is 11.6 Å². The monoisotopic (exact) mass is 1530 g/mol. The smallest absolute Gasteiger partial charge is 0.349 e. The van der Waals surface area contributed by atoms with Crippen LogP contribution in [0.2, 0.25) is 5.02 Å². The average molecular weight is 1530 g/mol. The summed E-state index contributed by atoms with van der Waals surface area (Å²) in [5.74, 6) is -2.47. The van der Waals surface area contributed by atoms with E-state index in [9.17, 15) is 60.0 Å². The fraction of sp³-hybridized carbons (Fsp3) is 0.368. The number of aromatic amines is 1. The summed E-state index contributed by atoms with van der Waals surface area (Å²) in [5.41, 5.74) is 7.63. The lowest BCUT2D eigenvalue weighted by molar-refractivity contribution is -0.143. The van der Waals surface area contributed by atoms with Crippen LogP contribution in [0.1, 0.15) is 157 Å². The number of hydrogen-bond acceptors (Lipinski definition) is 19. The van der Waals surface area contributed by atoms with Crippen molar-refractivity contribution in [3.8, 4) is 22.8 Å². The van der Waals surface area contributed by atoms with Crippen molar-refractivity contribution in [2.45, 2.75) is 142 Å². The molecule has 5 aliphatic rings. The highest BCUT2D eigenvalue weighted by Gasteiger charge is 2.40. The number of methoxy groups -OCH3 is 1. The number of ketones is 1. The van der Waals surface area contributed by atoms with E-state index in [0.29, 0.717) is 113 Å². The topological polar surface area (TPSA) is 338 Å². The van der Waals surface area contributed by atoms with Crippen LogP contribution >= 0.6 is 23.2 Å². The number of fused-ring (bicyclic) bond motifs is 1. The summed E-state index contributed by atoms with van der Waals surface area (Å²) in [6, 6.07) is 23.7. The Morgan fingerprint density at radius 3 is 1.93 bits per heavy atom. The fourth-order valence-electron chi connectivity index (χ4n) is 12.1. The quantitative estimate of drug-likeness (QED) is 0.0311. The van der Waals surface area contributed by atoms with E-state index in [4.69, 9.17) is 47.0 Å². The second kappa shape index (κ2) is 34.1. The van der Waals surface area contributed by atoms with Gasteiger partial charge in [0, 0.05) is 64.8 Å². The Labute approximate surface area is 623 Å². The lowest BCUT2D eigenvalue weighted by Gasteiger charge is -2.19. The maximum absolute atomic E-state index is 13.5. The number of para-hydroxylation sites is 1. The number of H-pyrrole nitrogens is 1. The van der Waals surface area contributed by atoms with E-state index in [2.05, 4.69) is 48.5 Å². The Bertz CT molecular complexity index is 5040. The van der Waals surface area contributed by atoms with Gasteiger partial charge in [0.2, 0.25) is 5.88 Å². The van der Waals surface area contributed by atoms with Crippen molar-refractivity contribution in [3.63, 3.8) is 0 Å². The minimum absolute atomic E-state index is 0.00623. The van der Waals surface area contributed by atoms with Crippen LogP contribution < -0.4 is 35.5 Å². The minimum Gasteiger partial charge on any atom is -0.496 e. The van der Waals surface area contributed by atoms with E-state index in [-0.39, 0.29) is 79.2 Å². The first-order valence-corrected chi connectivity index (χ1v) is 38.5. The molecule has 5 aromatic carbocycles. The standard InChI is InChI=1S/C23H32N2O4.C19H17Cl2NO4.C18H18N2O5S.C16H17N3O5S/c1-7-16-13-15(3)14-17(8-2)18(16)19-20(26)24-9-11-28-12-10-25(24)21(19)29-22(27)23(4,5)6;1-2-26-19(25)16(21)10-11-9-12(7-8-15(11)20)22-17(23)13-5-3-4-6-14(13)18(22)24;1-25-16-5-3-2-4-15(16)18(22)20-26(23,24)14-10-6-12(7-11-14)17(21)19-13-8-9-13;1-9-10(15(20)11-8-17-19(2)16(11)21)4-5-13(25(3,22)23)14(9)12-6-7-24-18-12/h13-14H,7-12H2,1-6H3;7-10H,2-6H2,1H3;2-7,10-11,13H,8-9H2,1H3,(H,19,21)(H,20,22);4-5,8,17H,6-7H2,1-3H3/b;16-10-;;. The van der Waals surface area contributed by atoms with Gasteiger partial charge >= 0.3 is 11.9 Å². The molecule has 106 heavy (non-hydrogen) atoms. The normalized spacial score (nSPS) is 15.0. The van der Waals surface area contributed by atoms with E-state index >= 15 is 0 Å². The third-order valence-electron chi connectivity index (χ3n) is 17.8. The van der Waals surface area contributed by atoms with Crippen molar-refractivity contribution >= 4 is 102 Å². The van der Waals surface area contributed by atoms with Crippen molar-refractivity contribution < 1.29 is 74.2 Å². The number of nitrogens with one attached hydrogen (secondary N) is 3. The van der Waals surface area contributed by atoms with Crippen molar-refractivity contribution in [1.29, 1.82) is 0 Å². The molecule has 30 heteroatoms. The number of anilines is 1. The van der Waals surface area contributed by atoms with Crippen LogP contribution in [0.3, 0.4) is 0 Å². The molecule has 2 aromatic heterocycles. The number of benzene rings is 5. The number of halogens is 2. The number of aromatic nitrogens is 4. The fourth-order valence-corrected chi connectivity index (χ4v) is 14.4. The third-order valence-corrected chi connectivity index (χ3v) is 20.9. The maximum Gasteiger partial charge on any atom is 0.349 e. The molecule has 1 saturated carbocycles. The van der Waals surface area contributed by atoms with Crippen molar-refractivity contribution in [2.24, 2.45) is 17.6 Å². The van der Waals surface area contributed by atoms with Crippen molar-refractivity contribution in [3.05, 3.63) is 195 Å². The van der Waals surface area contributed by atoms with E-state index in [1.165, 1.54) is 84.0 Å². The van der Waals surface area contributed by atoms with Gasteiger partial charge in [-0.05, 0) is 194 Å². The number of sulfone groups is 1. The molecule has 0 bridgehead atoms. The summed E-state index contributed by atoms with van der Waals surface area (Å²) in [6.07, 6.45) is 10.9. The number of sulfonamides is 1. The zero-order valence-corrected chi connectivity index (χ0v) is 63.8. The number of esters is 2. The van der Waals surface area contributed by atoms with Gasteiger partial charge in [-0.2, -0.15) is 0 Å². The first-order chi connectivity index (χ1) is 50.2. The Balaban J connectivity index is 0.000000164. The molecule has 1 fully saturated rings. The predicted octanol–water partition coefficient (Wildman–Crippen LogP) is 10.4. The van der Waals surface area contributed by atoms with Crippen molar-refractivity contribution in [2.75, 3.05) is 44.7 Å². The van der Waals surface area contributed by atoms with Crippen molar-refractivity contribution in [1.82, 2.24) is 29.2 Å². The first kappa shape index (κ1) is 80.1. The summed E-state index contributed by atoms with van der Waals surface area (Å²) in [5, 5.41) is 9.59. The summed E-state index contributed by atoms with van der Waals surface area (Å²) < 4.78 is 77.1. The molecule has 0 atom stereocenters. The highest BCUT2D eigenvalue weighted by Crippen LogP contribution is 2.39. The minimum atomic E-state index is -4.07. The van der Waals surface area contributed by atoms with Gasteiger partial charge in [0.05, 0.1) is 72.2 Å². The van der Waals surface area contributed by atoms with Crippen LogP contribution in [-0.2, 0) is 86.3 Å². The molecule has 2 aliphatic carbocycles. The number of hydrogen-bond donors (Lipinski definition) is 3. The number of oxime groups is 1. The zero-order chi connectivity index (χ0) is 77.3. The number of rotatable bonds is 18. The molecule has 3 N–H and O–H groups in total. The summed E-state index contributed by atoms with van der Waals surface area (Å²) >= 11 is 12.1. The molecule has 0 saturated heterocycles. The molecule has 5 heterocycles. The van der Waals surface area contributed by atoms with Crippen LogP contribution in [-0.4, -0.2) is 129 Å². The number of amides is 4. The Morgan fingerprint density at radius 2 is 1.38 bits per heavy atom. The molecule has 12 rings (SSSR count). The molecule has 7 aromatic rings. The lowest BCUT2D eigenvalue weighted by atomic mass is 9.91. The number of aryl methyl sites for hydroxylation is 4. The molecule has 0 spiro atoms. The highest BCUT2D eigenvalue weighted by atomic mass is 35.5. The van der Waals surface area contributed by atoms with E-state index in [0.717, 1.165) is 61.5 Å². The molecule has 4 amide bonds. The van der Waals surface area contributed by atoms with Crippen LogP contribution in [0.25, 0.3) is 17.2 Å². The molecule has 0 unspecified atom stereocenters. The number of ether oxygens (including phenoxy) is 4. The summed E-state index contributed by atoms with van der Waals surface area (Å²) in [7, 11) is -4.69. The molecular formula is C76H84Cl2N8O18S2. The number of nitrogens with zero attached hydrogens (tertiary/aromatic N) is 5. The first-order valence-electron chi connectivity index (χ1n) is 34.4.